The first-order valence-corrected chi connectivity index (χ1v) is 22.9. The molecular formula is C58H44N4S. The fourth-order valence-corrected chi connectivity index (χ4v) is 11.9. The van der Waals surface area contributed by atoms with Gasteiger partial charge in [-0.2, -0.15) is 0 Å². The number of rotatable bonds is 4. The third kappa shape index (κ3) is 5.39. The molecule has 0 bridgehead atoms. The molecule has 0 atom stereocenters. The molecule has 8 aromatic carbocycles. The lowest BCUT2D eigenvalue weighted by molar-refractivity contribution is 0.332. The van der Waals surface area contributed by atoms with Crippen LogP contribution >= 0.6 is 11.3 Å². The van der Waals surface area contributed by atoms with Gasteiger partial charge in [0.05, 0.1) is 38.0 Å². The van der Waals surface area contributed by atoms with Gasteiger partial charge in [-0.15, -0.1) is 11.3 Å². The topological polar surface area (TPSA) is 35.6 Å². The maximum Gasteiger partial charge on any atom is 0.235 e. The summed E-state index contributed by atoms with van der Waals surface area (Å²) in [5.74, 6) is 0.675. The van der Waals surface area contributed by atoms with Crippen LogP contribution in [0.5, 0.6) is 0 Å². The Kier molecular flexibility index (Phi) is 7.67. The number of aromatic nitrogens is 4. The minimum absolute atomic E-state index is 0.0684. The minimum atomic E-state index is 0.0684. The third-order valence-corrected chi connectivity index (χ3v) is 15.3. The van der Waals surface area contributed by atoms with E-state index in [2.05, 4.69) is 207 Å². The van der Waals surface area contributed by atoms with Crippen LogP contribution in [-0.2, 0) is 10.8 Å². The Hall–Kier alpha value is -7.08. The van der Waals surface area contributed by atoms with E-state index in [1.807, 2.05) is 0 Å². The van der Waals surface area contributed by atoms with Crippen molar-refractivity contribution in [2.75, 3.05) is 0 Å². The van der Waals surface area contributed by atoms with Gasteiger partial charge < -0.3 is 4.57 Å². The summed E-state index contributed by atoms with van der Waals surface area (Å²) in [6.07, 6.45) is 2.33. The van der Waals surface area contributed by atoms with Gasteiger partial charge in [0.25, 0.3) is 0 Å². The predicted molar refractivity (Wildman–Crippen MR) is 267 cm³/mol. The number of hydrogen-bond donors (Lipinski definition) is 0. The average Bonchev–Trinajstić information content (AvgIpc) is 3.97. The van der Waals surface area contributed by atoms with Crippen molar-refractivity contribution in [3.63, 3.8) is 0 Å². The standard InChI is InChI=1S/C58H44N4S/c1-57(2)28-29-58(3,4)47-34-50-43(31-46(47)57)45-33-49-44(32-48(45)61(50)39-21-9-6-10-22-39)41-27-26-36-18-11-12-23-40(36)54(41)62(49)56-59-52(55-53(60-56)42-24-13-14-25-51(42)63-55)38-20-15-19-37(30-38)35-16-7-5-8-17-35/h5-27,30-34H,28-29H2,1-4H3. The second kappa shape index (κ2) is 13.2. The molecule has 0 saturated heterocycles. The van der Waals surface area contributed by atoms with Crippen LogP contribution in [0.15, 0.2) is 170 Å². The van der Waals surface area contributed by atoms with Gasteiger partial charge >= 0.3 is 0 Å². The van der Waals surface area contributed by atoms with Crippen molar-refractivity contribution >= 4 is 86.0 Å². The van der Waals surface area contributed by atoms with Crippen LogP contribution in [0.3, 0.4) is 0 Å². The highest BCUT2D eigenvalue weighted by Gasteiger charge is 2.38. The maximum absolute atomic E-state index is 5.70. The summed E-state index contributed by atoms with van der Waals surface area (Å²) < 4.78 is 7.18. The van der Waals surface area contributed by atoms with Crippen molar-refractivity contribution < 1.29 is 0 Å². The van der Waals surface area contributed by atoms with Gasteiger partial charge in [-0.05, 0) is 99.8 Å². The van der Waals surface area contributed by atoms with Gasteiger partial charge in [0.2, 0.25) is 5.95 Å². The maximum atomic E-state index is 5.70. The first kappa shape index (κ1) is 36.6. The smallest absolute Gasteiger partial charge is 0.235 e. The van der Waals surface area contributed by atoms with E-state index in [1.165, 1.54) is 76.8 Å². The van der Waals surface area contributed by atoms with Gasteiger partial charge in [0.1, 0.15) is 0 Å². The molecule has 0 amide bonds. The summed E-state index contributed by atoms with van der Waals surface area (Å²) >= 11 is 1.78. The van der Waals surface area contributed by atoms with Crippen LogP contribution in [-0.4, -0.2) is 19.1 Å². The van der Waals surface area contributed by atoms with E-state index in [1.54, 1.807) is 11.3 Å². The van der Waals surface area contributed by atoms with Crippen LogP contribution in [0.25, 0.3) is 109 Å². The molecule has 0 N–H and O–H groups in total. The SMILES string of the molecule is CC1(C)CCC(C)(C)c2cc3c(cc21)c1cc2c(cc1n3-c1ccccc1)c1ccc3ccccc3c1n2-c1nc(-c2cccc(-c3ccccc3)c2)c2sc3ccccc3c2n1. The predicted octanol–water partition coefficient (Wildman–Crippen LogP) is 15.9. The molecule has 4 heterocycles. The summed E-state index contributed by atoms with van der Waals surface area (Å²) in [7, 11) is 0. The first-order valence-electron chi connectivity index (χ1n) is 22.1. The molecular weight excluding hydrogens is 785 g/mol. The van der Waals surface area contributed by atoms with Gasteiger partial charge in [0.15, 0.2) is 0 Å². The molecule has 1 aliphatic carbocycles. The molecule has 0 fully saturated rings. The van der Waals surface area contributed by atoms with Crippen molar-refractivity contribution in [1.29, 1.82) is 0 Å². The average molecular weight is 829 g/mol. The van der Waals surface area contributed by atoms with Crippen molar-refractivity contribution in [2.45, 2.75) is 51.4 Å². The number of benzene rings is 8. The van der Waals surface area contributed by atoms with Gasteiger partial charge in [-0.1, -0.05) is 149 Å². The number of nitrogens with zero attached hydrogens (tertiary/aromatic N) is 4. The van der Waals surface area contributed by atoms with Gasteiger partial charge in [-0.3, -0.25) is 4.57 Å². The molecule has 302 valence electrons. The zero-order chi connectivity index (χ0) is 42.2. The molecule has 0 saturated carbocycles. The van der Waals surface area contributed by atoms with E-state index in [-0.39, 0.29) is 10.8 Å². The highest BCUT2D eigenvalue weighted by molar-refractivity contribution is 7.26. The fourth-order valence-electron chi connectivity index (χ4n) is 10.8. The Morgan fingerprint density at radius 1 is 0.460 bits per heavy atom. The van der Waals surface area contributed by atoms with Crippen LogP contribution in [0.2, 0.25) is 0 Å². The number of fused-ring (bicyclic) bond motifs is 12. The Balaban J connectivity index is 1.18. The number of hydrogen-bond acceptors (Lipinski definition) is 3. The van der Waals surface area contributed by atoms with E-state index >= 15 is 0 Å². The summed E-state index contributed by atoms with van der Waals surface area (Å²) in [6, 6.07) is 62.4. The molecule has 0 aliphatic heterocycles. The van der Waals surface area contributed by atoms with E-state index in [4.69, 9.17) is 9.97 Å². The van der Waals surface area contributed by atoms with Crippen molar-refractivity contribution in [1.82, 2.24) is 19.1 Å². The Morgan fingerprint density at radius 3 is 1.86 bits per heavy atom. The molecule has 0 radical (unpaired) electrons. The highest BCUT2D eigenvalue weighted by Crippen LogP contribution is 2.50. The molecule has 4 nitrogen and oxygen atoms in total. The molecule has 0 unspecified atom stereocenters. The summed E-state index contributed by atoms with van der Waals surface area (Å²) in [5.41, 5.74) is 14.3. The largest absolute Gasteiger partial charge is 0.309 e. The number of thiophene rings is 1. The summed E-state index contributed by atoms with van der Waals surface area (Å²) in [5, 5.41) is 8.39. The highest BCUT2D eigenvalue weighted by atomic mass is 32.1. The zero-order valence-electron chi connectivity index (χ0n) is 35.8. The Labute approximate surface area is 369 Å². The van der Waals surface area contributed by atoms with Gasteiger partial charge in [-0.25, -0.2) is 9.97 Å². The van der Waals surface area contributed by atoms with E-state index in [0.717, 1.165) is 49.9 Å². The van der Waals surface area contributed by atoms with E-state index in [9.17, 15) is 0 Å². The van der Waals surface area contributed by atoms with Gasteiger partial charge in [0, 0.05) is 48.3 Å². The normalized spacial score (nSPS) is 14.8. The fraction of sp³-hybridized carbons (Fsp3) is 0.138. The Morgan fingerprint density at radius 2 is 1.06 bits per heavy atom. The first-order chi connectivity index (χ1) is 30.7. The second-order valence-electron chi connectivity index (χ2n) is 18.9. The molecule has 5 heteroatoms. The van der Waals surface area contributed by atoms with Crippen LogP contribution in [0.4, 0.5) is 0 Å². The van der Waals surface area contributed by atoms with Crippen LogP contribution < -0.4 is 0 Å². The molecule has 0 spiro atoms. The van der Waals surface area contributed by atoms with Crippen molar-refractivity contribution in [3.05, 3.63) is 181 Å². The van der Waals surface area contributed by atoms with E-state index < -0.39 is 0 Å². The number of para-hydroxylation sites is 1. The summed E-state index contributed by atoms with van der Waals surface area (Å²) in [4.78, 5) is 11.3. The quantitative estimate of drug-likeness (QED) is 0.177. The lowest BCUT2D eigenvalue weighted by atomic mass is 9.63. The van der Waals surface area contributed by atoms with Crippen LogP contribution in [0, 0.1) is 0 Å². The van der Waals surface area contributed by atoms with Crippen molar-refractivity contribution in [2.24, 2.45) is 0 Å². The minimum Gasteiger partial charge on any atom is -0.309 e. The monoisotopic (exact) mass is 828 g/mol. The van der Waals surface area contributed by atoms with Crippen LogP contribution in [0.1, 0.15) is 51.7 Å². The second-order valence-corrected chi connectivity index (χ2v) is 19.9. The Bertz CT molecular complexity index is 3850. The molecule has 13 rings (SSSR count). The lowest BCUT2D eigenvalue weighted by Gasteiger charge is -2.42. The molecule has 12 aromatic rings. The molecule has 63 heavy (non-hydrogen) atoms. The summed E-state index contributed by atoms with van der Waals surface area (Å²) in [6.45, 7) is 9.71. The molecule has 4 aromatic heterocycles. The third-order valence-electron chi connectivity index (χ3n) is 14.2. The zero-order valence-corrected chi connectivity index (χ0v) is 36.6. The van der Waals surface area contributed by atoms with E-state index in [0.29, 0.717) is 5.95 Å². The van der Waals surface area contributed by atoms with Crippen molar-refractivity contribution in [3.8, 4) is 34.0 Å². The lowest BCUT2D eigenvalue weighted by Crippen LogP contribution is -2.33. The molecule has 1 aliphatic rings.